The molecular weight excluding hydrogens is 605 g/mol. The van der Waals surface area contributed by atoms with Crippen LogP contribution in [-0.2, 0) is 4.74 Å². The summed E-state index contributed by atoms with van der Waals surface area (Å²) in [5.41, 5.74) is 1.35. The molecule has 3 heterocycles. The van der Waals surface area contributed by atoms with Gasteiger partial charge in [0.25, 0.3) is 11.5 Å². The van der Waals surface area contributed by atoms with Gasteiger partial charge in [-0.2, -0.15) is 9.78 Å². The molecule has 2 aromatic heterocycles. The molecule has 0 unspecified atom stereocenters. The average Bonchev–Trinajstić information content (AvgIpc) is 3.08. The fourth-order valence-corrected chi connectivity index (χ4v) is 5.28. The van der Waals surface area contributed by atoms with Crippen LogP contribution in [-0.4, -0.2) is 72.1 Å². The van der Waals surface area contributed by atoms with Crippen LogP contribution in [0.2, 0.25) is 0 Å². The van der Waals surface area contributed by atoms with Crippen molar-refractivity contribution in [2.24, 2.45) is 0 Å². The second-order valence-electron chi connectivity index (χ2n) is 10.9. The van der Waals surface area contributed by atoms with Crippen LogP contribution >= 0.6 is 0 Å². The fourth-order valence-electron chi connectivity index (χ4n) is 5.28. The van der Waals surface area contributed by atoms with E-state index in [-0.39, 0.29) is 22.7 Å². The van der Waals surface area contributed by atoms with Crippen molar-refractivity contribution < 1.29 is 28.1 Å². The zero-order valence-corrected chi connectivity index (χ0v) is 26.1. The lowest BCUT2D eigenvalue weighted by Gasteiger charge is -2.26. The number of anilines is 1. The minimum atomic E-state index is -0.695. The van der Waals surface area contributed by atoms with Crippen LogP contribution in [0.3, 0.4) is 0 Å². The van der Waals surface area contributed by atoms with Crippen LogP contribution in [0.15, 0.2) is 83.8 Å². The Kier molecular flexibility index (Phi) is 9.69. The second-order valence-corrected chi connectivity index (χ2v) is 10.9. The number of hydrogen-bond acceptors (Lipinski definition) is 9. The largest absolute Gasteiger partial charge is 0.493 e. The van der Waals surface area contributed by atoms with Gasteiger partial charge in [0.15, 0.2) is 28.8 Å². The minimum absolute atomic E-state index is 0.0341. The van der Waals surface area contributed by atoms with Gasteiger partial charge in [0.05, 0.1) is 38.1 Å². The molecule has 0 bridgehead atoms. The summed E-state index contributed by atoms with van der Waals surface area (Å²) in [5.74, 6) is 0.0886. The van der Waals surface area contributed by atoms with Gasteiger partial charge < -0.3 is 24.3 Å². The Morgan fingerprint density at radius 1 is 0.979 bits per heavy atom. The predicted octanol–water partition coefficient (Wildman–Crippen LogP) is 5.38. The summed E-state index contributed by atoms with van der Waals surface area (Å²) >= 11 is 0. The molecule has 1 amide bonds. The standard InChI is InChI=1S/C35H34FN5O6/c1-23-19-33(42)41(25-7-4-3-5-8-25)39-34(23)35(43)38-24-9-10-30(27(36)20-24)47-29-11-12-37-28-22-32(31(44-2)21-26(28)29)46-16-6-13-40-14-17-45-18-15-40/h3-5,7-12,19-22H,6,13-18H2,1-2H3,(H,38,43). The Morgan fingerprint density at radius 3 is 2.55 bits per heavy atom. The summed E-state index contributed by atoms with van der Waals surface area (Å²) in [4.78, 5) is 32.5. The quantitative estimate of drug-likeness (QED) is 0.190. The molecule has 1 saturated heterocycles. The molecule has 47 heavy (non-hydrogen) atoms. The van der Waals surface area contributed by atoms with Crippen molar-refractivity contribution in [3.63, 3.8) is 0 Å². The van der Waals surface area contributed by atoms with Crippen LogP contribution in [0.25, 0.3) is 16.6 Å². The summed E-state index contributed by atoms with van der Waals surface area (Å²) in [5, 5.41) is 7.53. The van der Waals surface area contributed by atoms with Gasteiger partial charge in [-0.25, -0.2) is 4.39 Å². The zero-order valence-electron chi connectivity index (χ0n) is 26.1. The fraction of sp³-hybridized carbons (Fsp3) is 0.257. The van der Waals surface area contributed by atoms with Crippen LogP contribution in [0.5, 0.6) is 23.0 Å². The lowest BCUT2D eigenvalue weighted by Crippen LogP contribution is -2.37. The molecule has 0 atom stereocenters. The summed E-state index contributed by atoms with van der Waals surface area (Å²) in [6.45, 7) is 6.41. The highest BCUT2D eigenvalue weighted by atomic mass is 19.1. The van der Waals surface area contributed by atoms with Gasteiger partial charge in [-0.05, 0) is 55.3 Å². The highest BCUT2D eigenvalue weighted by Gasteiger charge is 2.18. The van der Waals surface area contributed by atoms with E-state index in [1.54, 1.807) is 62.7 Å². The van der Waals surface area contributed by atoms with Crippen molar-refractivity contribution in [1.82, 2.24) is 19.7 Å². The number of carbonyl (C=O) groups excluding carboxylic acids is 1. The van der Waals surface area contributed by atoms with Gasteiger partial charge in [0, 0.05) is 55.1 Å². The molecule has 12 heteroatoms. The highest BCUT2D eigenvalue weighted by molar-refractivity contribution is 6.03. The van der Waals surface area contributed by atoms with Gasteiger partial charge in [0.2, 0.25) is 0 Å². The summed E-state index contributed by atoms with van der Waals surface area (Å²) in [6, 6.07) is 19.4. The van der Waals surface area contributed by atoms with E-state index in [0.29, 0.717) is 46.0 Å². The maximum atomic E-state index is 15.3. The first-order valence-electron chi connectivity index (χ1n) is 15.2. The maximum Gasteiger partial charge on any atom is 0.276 e. The Bertz CT molecular complexity index is 1950. The molecule has 1 N–H and O–H groups in total. The van der Waals surface area contributed by atoms with E-state index in [1.165, 1.54) is 18.2 Å². The molecule has 5 aromatic rings. The topological polar surface area (TPSA) is 117 Å². The molecule has 242 valence electrons. The molecule has 6 rings (SSSR count). The number of fused-ring (bicyclic) bond motifs is 1. The first-order chi connectivity index (χ1) is 22.9. The Hall–Kier alpha value is -5.33. The van der Waals surface area contributed by atoms with Crippen molar-refractivity contribution in [1.29, 1.82) is 0 Å². The molecule has 0 aliphatic carbocycles. The van der Waals surface area contributed by atoms with Crippen molar-refractivity contribution in [2.45, 2.75) is 13.3 Å². The van der Waals surface area contributed by atoms with Crippen LogP contribution in [0.4, 0.5) is 10.1 Å². The Labute approximate surface area is 270 Å². The second kappa shape index (κ2) is 14.4. The average molecular weight is 640 g/mol. The molecule has 0 saturated carbocycles. The molecule has 11 nitrogen and oxygen atoms in total. The number of amides is 1. The van der Waals surface area contributed by atoms with E-state index in [0.717, 1.165) is 50.0 Å². The van der Waals surface area contributed by atoms with E-state index in [9.17, 15) is 9.59 Å². The first kappa shape index (κ1) is 31.6. The summed E-state index contributed by atoms with van der Waals surface area (Å²) in [6.07, 6.45) is 2.42. The normalized spacial score (nSPS) is 13.3. The maximum absolute atomic E-state index is 15.3. The molecular formula is C35H34FN5O6. The molecule has 3 aromatic carbocycles. The first-order valence-corrected chi connectivity index (χ1v) is 15.2. The van der Waals surface area contributed by atoms with E-state index in [1.807, 2.05) is 6.07 Å². The zero-order chi connectivity index (χ0) is 32.8. The third kappa shape index (κ3) is 7.40. The van der Waals surface area contributed by atoms with Crippen LogP contribution in [0.1, 0.15) is 22.5 Å². The van der Waals surface area contributed by atoms with E-state index < -0.39 is 11.7 Å². The van der Waals surface area contributed by atoms with Crippen LogP contribution in [0, 0.1) is 12.7 Å². The monoisotopic (exact) mass is 639 g/mol. The molecule has 1 aliphatic heterocycles. The molecule has 0 spiro atoms. The van der Waals surface area contributed by atoms with E-state index in [4.69, 9.17) is 18.9 Å². The highest BCUT2D eigenvalue weighted by Crippen LogP contribution is 2.38. The van der Waals surface area contributed by atoms with Gasteiger partial charge in [0.1, 0.15) is 5.75 Å². The van der Waals surface area contributed by atoms with E-state index >= 15 is 4.39 Å². The lowest BCUT2D eigenvalue weighted by molar-refractivity contribution is 0.0357. The number of rotatable bonds is 11. The number of carbonyl (C=O) groups is 1. The van der Waals surface area contributed by atoms with E-state index in [2.05, 4.69) is 20.3 Å². The number of morpholine rings is 1. The number of aromatic nitrogens is 3. The number of nitrogens with one attached hydrogen (secondary N) is 1. The lowest BCUT2D eigenvalue weighted by atomic mass is 10.1. The Morgan fingerprint density at radius 2 is 1.79 bits per heavy atom. The van der Waals surface area contributed by atoms with Crippen molar-refractivity contribution in [2.75, 3.05) is 51.9 Å². The summed E-state index contributed by atoms with van der Waals surface area (Å²) < 4.78 is 39.5. The Balaban J connectivity index is 1.15. The number of ether oxygens (including phenoxy) is 4. The SMILES string of the molecule is COc1cc2c(Oc3ccc(NC(=O)c4nn(-c5ccccc5)c(=O)cc4C)cc3F)ccnc2cc1OCCCN1CCOCC1. The number of aryl methyl sites for hydroxylation is 1. The van der Waals surface area contributed by atoms with Crippen LogP contribution < -0.4 is 25.1 Å². The molecule has 1 aliphatic rings. The number of hydrogen-bond donors (Lipinski definition) is 1. The van der Waals surface area contributed by atoms with Crippen molar-refractivity contribution in [3.8, 4) is 28.7 Å². The third-order valence-electron chi connectivity index (χ3n) is 7.71. The molecule has 1 fully saturated rings. The number of halogens is 1. The predicted molar refractivity (Wildman–Crippen MR) is 175 cm³/mol. The number of para-hydroxylation sites is 1. The van der Waals surface area contributed by atoms with Gasteiger partial charge in [-0.15, -0.1) is 0 Å². The minimum Gasteiger partial charge on any atom is -0.493 e. The number of nitrogens with zero attached hydrogens (tertiary/aromatic N) is 4. The van der Waals surface area contributed by atoms with Crippen molar-refractivity contribution >= 4 is 22.5 Å². The van der Waals surface area contributed by atoms with Gasteiger partial charge >= 0.3 is 0 Å². The third-order valence-corrected chi connectivity index (χ3v) is 7.71. The van der Waals surface area contributed by atoms with Crippen molar-refractivity contribution in [3.05, 3.63) is 106 Å². The van der Waals surface area contributed by atoms with Gasteiger partial charge in [-0.3, -0.25) is 19.5 Å². The smallest absolute Gasteiger partial charge is 0.276 e. The molecule has 0 radical (unpaired) electrons. The summed E-state index contributed by atoms with van der Waals surface area (Å²) in [7, 11) is 1.55. The number of methoxy groups -OCH3 is 1. The number of pyridine rings is 1. The number of benzene rings is 3. The van der Waals surface area contributed by atoms with Gasteiger partial charge in [-0.1, -0.05) is 18.2 Å².